The van der Waals surface area contributed by atoms with Gasteiger partial charge in [0.15, 0.2) is 0 Å². The van der Waals surface area contributed by atoms with Crippen molar-refractivity contribution in [3.05, 3.63) is 72.9 Å². The van der Waals surface area contributed by atoms with E-state index in [0.717, 1.165) is 18.7 Å². The fraction of sp³-hybridized carbons (Fsp3) is 0.304. The lowest BCUT2D eigenvalue weighted by Crippen LogP contribution is -2.64. The highest BCUT2D eigenvalue weighted by Gasteiger charge is 2.53. The molecule has 0 amide bonds. The van der Waals surface area contributed by atoms with Crippen LogP contribution in [0.3, 0.4) is 0 Å². The van der Waals surface area contributed by atoms with Crippen LogP contribution in [0, 0.1) is 5.41 Å². The Hall–Kier alpha value is -2.92. The van der Waals surface area contributed by atoms with E-state index in [1.165, 1.54) is 34.9 Å². The highest BCUT2D eigenvalue weighted by Crippen LogP contribution is 2.51. The Bertz CT molecular complexity index is 1150. The molecule has 6 rings (SSSR count). The predicted octanol–water partition coefficient (Wildman–Crippen LogP) is 4.07. The molecule has 140 valence electrons. The van der Waals surface area contributed by atoms with Gasteiger partial charge in [-0.3, -0.25) is 4.98 Å². The van der Waals surface area contributed by atoms with E-state index in [0.29, 0.717) is 18.1 Å². The van der Waals surface area contributed by atoms with Gasteiger partial charge in [0.2, 0.25) is 0 Å². The molecule has 1 saturated heterocycles. The van der Waals surface area contributed by atoms with Crippen molar-refractivity contribution >= 4 is 22.1 Å². The van der Waals surface area contributed by atoms with E-state index >= 15 is 0 Å². The first kappa shape index (κ1) is 16.1. The molecule has 4 heterocycles. The zero-order valence-electron chi connectivity index (χ0n) is 15.7. The summed E-state index contributed by atoms with van der Waals surface area (Å²) >= 11 is 0. The normalized spacial score (nSPS) is 18.5. The lowest BCUT2D eigenvalue weighted by Gasteiger charge is -2.59. The Balaban J connectivity index is 1.06. The van der Waals surface area contributed by atoms with Crippen LogP contribution in [0.5, 0.6) is 0 Å². The van der Waals surface area contributed by atoms with Gasteiger partial charge in [0, 0.05) is 65.9 Å². The molecule has 2 aliphatic rings. The smallest absolute Gasteiger partial charge is 0.136 e. The van der Waals surface area contributed by atoms with E-state index in [4.69, 9.17) is 4.74 Å². The topological polar surface area (TPSA) is 42.7 Å². The second kappa shape index (κ2) is 6.04. The largest absolute Gasteiger partial charge is 0.373 e. The summed E-state index contributed by atoms with van der Waals surface area (Å²) in [5, 5.41) is 2.51. The Kier molecular flexibility index (Phi) is 3.47. The average molecular weight is 370 g/mol. The van der Waals surface area contributed by atoms with Crippen LogP contribution in [0.2, 0.25) is 0 Å². The van der Waals surface area contributed by atoms with Crippen LogP contribution in [0.25, 0.3) is 16.4 Å². The average Bonchev–Trinajstić information content (AvgIpc) is 3.13. The molecule has 28 heavy (non-hydrogen) atoms. The second-order valence-electron chi connectivity index (χ2n) is 8.30. The van der Waals surface area contributed by atoms with Crippen LogP contribution >= 0.6 is 0 Å². The summed E-state index contributed by atoms with van der Waals surface area (Å²) in [7, 11) is 0. The first-order valence-corrected chi connectivity index (χ1v) is 9.89. The summed E-state index contributed by atoms with van der Waals surface area (Å²) in [5.41, 5.74) is 3.96. The van der Waals surface area contributed by atoms with Crippen LogP contribution in [0.15, 0.2) is 67.4 Å². The molecule has 2 fully saturated rings. The van der Waals surface area contributed by atoms with E-state index in [9.17, 15) is 0 Å². The van der Waals surface area contributed by atoms with Gasteiger partial charge in [-0.15, -0.1) is 0 Å². The maximum absolute atomic E-state index is 6.17. The third kappa shape index (κ3) is 2.58. The molecule has 1 aliphatic carbocycles. The van der Waals surface area contributed by atoms with E-state index in [1.54, 1.807) is 0 Å². The van der Waals surface area contributed by atoms with Gasteiger partial charge in [-0.25, -0.2) is 4.98 Å². The maximum Gasteiger partial charge on any atom is 0.136 e. The monoisotopic (exact) mass is 370 g/mol. The molecular weight excluding hydrogens is 348 g/mol. The standard InChI is InChI=1S/C23H22N4O/c1-2-18-13-24-6-4-20(18)21(3-1)27-15-23(16-27)11-19(12-23)28-14-17-5-8-26-9-7-25-22(26)10-17/h1-10,13,19H,11-12,14-16H2. The summed E-state index contributed by atoms with van der Waals surface area (Å²) in [6, 6.07) is 12.8. The van der Waals surface area contributed by atoms with Gasteiger partial charge in [-0.05, 0) is 42.7 Å². The summed E-state index contributed by atoms with van der Waals surface area (Å²) in [4.78, 5) is 11.1. The Labute approximate surface area is 163 Å². The van der Waals surface area contributed by atoms with Crippen molar-refractivity contribution in [2.75, 3.05) is 18.0 Å². The number of benzene rings is 1. The van der Waals surface area contributed by atoms with Crippen LogP contribution in [-0.4, -0.2) is 33.6 Å². The quantitative estimate of drug-likeness (QED) is 0.543. The molecule has 0 unspecified atom stereocenters. The van der Waals surface area contributed by atoms with E-state index in [2.05, 4.69) is 51.3 Å². The fourth-order valence-corrected chi connectivity index (χ4v) is 4.85. The number of imidazole rings is 1. The van der Waals surface area contributed by atoms with Crippen LogP contribution in [0.4, 0.5) is 5.69 Å². The molecule has 5 heteroatoms. The van der Waals surface area contributed by atoms with Gasteiger partial charge < -0.3 is 14.0 Å². The SMILES string of the molecule is c1cc(N2CC3(CC(OCc4ccn5ccnc5c4)C3)C2)c2ccncc2c1. The number of ether oxygens (including phenoxy) is 1. The van der Waals surface area contributed by atoms with Crippen LogP contribution < -0.4 is 4.90 Å². The fourth-order valence-electron chi connectivity index (χ4n) is 4.85. The Morgan fingerprint density at radius 3 is 2.93 bits per heavy atom. The molecular formula is C23H22N4O. The minimum atomic E-state index is 0.384. The van der Waals surface area contributed by atoms with Crippen molar-refractivity contribution in [1.29, 1.82) is 0 Å². The number of rotatable bonds is 4. The predicted molar refractivity (Wildman–Crippen MR) is 109 cm³/mol. The molecule has 1 saturated carbocycles. The van der Waals surface area contributed by atoms with Gasteiger partial charge in [-0.2, -0.15) is 0 Å². The minimum Gasteiger partial charge on any atom is -0.373 e. The van der Waals surface area contributed by atoms with Gasteiger partial charge in [0.1, 0.15) is 5.65 Å². The summed E-state index contributed by atoms with van der Waals surface area (Å²) < 4.78 is 8.19. The number of hydrogen-bond donors (Lipinski definition) is 0. The number of nitrogens with zero attached hydrogens (tertiary/aromatic N) is 4. The molecule has 4 aromatic rings. The zero-order chi connectivity index (χ0) is 18.6. The molecule has 1 aliphatic heterocycles. The van der Waals surface area contributed by atoms with Crippen molar-refractivity contribution in [1.82, 2.24) is 14.4 Å². The van der Waals surface area contributed by atoms with Crippen molar-refractivity contribution in [2.24, 2.45) is 5.41 Å². The third-order valence-electron chi connectivity index (χ3n) is 6.32. The molecule has 0 N–H and O–H groups in total. The third-order valence-corrected chi connectivity index (χ3v) is 6.32. The zero-order valence-corrected chi connectivity index (χ0v) is 15.7. The van der Waals surface area contributed by atoms with E-state index in [-0.39, 0.29) is 0 Å². The number of fused-ring (bicyclic) bond motifs is 2. The van der Waals surface area contributed by atoms with E-state index in [1.807, 2.05) is 35.4 Å². The molecule has 0 atom stereocenters. The van der Waals surface area contributed by atoms with Gasteiger partial charge >= 0.3 is 0 Å². The molecule has 1 aromatic carbocycles. The summed E-state index contributed by atoms with van der Waals surface area (Å²) in [6.07, 6.45) is 12.4. The molecule has 5 nitrogen and oxygen atoms in total. The summed E-state index contributed by atoms with van der Waals surface area (Å²) in [5.74, 6) is 0. The van der Waals surface area contributed by atoms with Gasteiger partial charge in [0.05, 0.1) is 12.7 Å². The number of aromatic nitrogens is 3. The maximum atomic E-state index is 6.17. The molecule has 3 aromatic heterocycles. The van der Waals surface area contributed by atoms with Gasteiger partial charge in [-0.1, -0.05) is 12.1 Å². The highest BCUT2D eigenvalue weighted by atomic mass is 16.5. The minimum absolute atomic E-state index is 0.384. The first-order chi connectivity index (χ1) is 13.8. The first-order valence-electron chi connectivity index (χ1n) is 9.89. The number of pyridine rings is 2. The van der Waals surface area contributed by atoms with Crippen molar-refractivity contribution in [3.63, 3.8) is 0 Å². The molecule has 0 radical (unpaired) electrons. The van der Waals surface area contributed by atoms with E-state index < -0.39 is 0 Å². The van der Waals surface area contributed by atoms with Gasteiger partial charge in [0.25, 0.3) is 0 Å². The lowest BCUT2D eigenvalue weighted by molar-refractivity contribution is -0.0996. The lowest BCUT2D eigenvalue weighted by atomic mass is 9.61. The van der Waals surface area contributed by atoms with Crippen molar-refractivity contribution in [3.8, 4) is 0 Å². The number of anilines is 1. The summed E-state index contributed by atoms with van der Waals surface area (Å²) in [6.45, 7) is 2.94. The molecule has 0 bridgehead atoms. The number of hydrogen-bond acceptors (Lipinski definition) is 4. The van der Waals surface area contributed by atoms with Crippen molar-refractivity contribution in [2.45, 2.75) is 25.6 Å². The highest BCUT2D eigenvalue weighted by molar-refractivity contribution is 5.94. The van der Waals surface area contributed by atoms with Crippen LogP contribution in [0.1, 0.15) is 18.4 Å². The second-order valence-corrected chi connectivity index (χ2v) is 8.30. The van der Waals surface area contributed by atoms with Crippen LogP contribution in [-0.2, 0) is 11.3 Å². The van der Waals surface area contributed by atoms with Crippen molar-refractivity contribution < 1.29 is 4.74 Å². The Morgan fingerprint density at radius 1 is 1.07 bits per heavy atom. The Morgan fingerprint density at radius 2 is 2.00 bits per heavy atom. The molecule has 1 spiro atoms.